The van der Waals surface area contributed by atoms with Crippen LogP contribution in [-0.2, 0) is 0 Å². The number of hydrogen-bond donors (Lipinski definition) is 2. The second kappa shape index (κ2) is 6.18. The first kappa shape index (κ1) is 15.0. The first-order chi connectivity index (χ1) is 11.7. The number of fused-ring (bicyclic) bond motifs is 1. The summed E-state index contributed by atoms with van der Waals surface area (Å²) in [5, 5.41) is 9.62. The van der Waals surface area contributed by atoms with Crippen LogP contribution in [0.2, 0.25) is 0 Å². The zero-order chi connectivity index (χ0) is 16.5. The molecule has 0 aliphatic rings. The summed E-state index contributed by atoms with van der Waals surface area (Å²) in [6, 6.07) is 9.58. The number of imidazole rings is 1. The number of benzene rings is 1. The lowest BCUT2D eigenvalue weighted by molar-refractivity contribution is 0.0934. The van der Waals surface area contributed by atoms with Gasteiger partial charge in [-0.15, -0.1) is 11.3 Å². The molecule has 0 bridgehead atoms. The number of aromatic nitrogens is 3. The minimum Gasteiger partial charge on any atom is -0.341 e. The Morgan fingerprint density at radius 2 is 2.08 bits per heavy atom. The molecule has 120 valence electrons. The van der Waals surface area contributed by atoms with Crippen molar-refractivity contribution < 1.29 is 4.79 Å². The quantitative estimate of drug-likeness (QED) is 0.576. The van der Waals surface area contributed by atoms with Crippen molar-refractivity contribution in [3.63, 3.8) is 0 Å². The van der Waals surface area contributed by atoms with Crippen LogP contribution < -0.4 is 5.32 Å². The van der Waals surface area contributed by atoms with E-state index in [0.717, 1.165) is 27.4 Å². The Hall–Kier alpha value is -2.51. The summed E-state index contributed by atoms with van der Waals surface area (Å²) in [5.74, 6) is 0.540. The fraction of sp³-hybridized carbons (Fsp3) is 0.118. The van der Waals surface area contributed by atoms with E-state index in [0.29, 0.717) is 5.69 Å². The van der Waals surface area contributed by atoms with Crippen LogP contribution in [0.5, 0.6) is 0 Å². The number of rotatable bonds is 4. The predicted molar refractivity (Wildman–Crippen MR) is 97.4 cm³/mol. The molecule has 1 aromatic carbocycles. The number of amides is 1. The van der Waals surface area contributed by atoms with E-state index in [-0.39, 0.29) is 11.9 Å². The number of carbonyl (C=O) groups excluding carboxylic acids is 1. The summed E-state index contributed by atoms with van der Waals surface area (Å²) < 4.78 is 0. The molecule has 4 aromatic rings. The number of hydrogen-bond acceptors (Lipinski definition) is 5. The molecule has 0 aliphatic heterocycles. The van der Waals surface area contributed by atoms with Gasteiger partial charge in [0.1, 0.15) is 16.5 Å². The molecule has 0 fully saturated rings. The summed E-state index contributed by atoms with van der Waals surface area (Å²) in [7, 11) is 0. The standard InChI is InChI=1S/C17H14N4OS2/c1-10(15-19-12-4-2-3-5-13(12)20-15)18-16(22)14-9-24-17(21-14)11-6-7-23-8-11/h2-10H,1H3,(H,18,22)(H,19,20). The maximum atomic E-state index is 12.4. The average Bonchev–Trinajstić information content (AvgIpc) is 3.32. The average molecular weight is 354 g/mol. The Morgan fingerprint density at radius 1 is 1.21 bits per heavy atom. The third-order valence-corrected chi connectivity index (χ3v) is 5.24. The lowest BCUT2D eigenvalue weighted by atomic mass is 10.3. The molecule has 1 atom stereocenters. The van der Waals surface area contributed by atoms with Crippen molar-refractivity contribution in [3.8, 4) is 10.6 Å². The van der Waals surface area contributed by atoms with E-state index in [1.807, 2.05) is 48.0 Å². The smallest absolute Gasteiger partial charge is 0.271 e. The third kappa shape index (κ3) is 2.83. The molecule has 1 amide bonds. The topological polar surface area (TPSA) is 70.7 Å². The Bertz CT molecular complexity index is 954. The van der Waals surface area contributed by atoms with Crippen molar-refractivity contribution in [3.05, 3.63) is 58.0 Å². The summed E-state index contributed by atoms with van der Waals surface area (Å²) in [6.45, 7) is 1.90. The molecule has 7 heteroatoms. The SMILES string of the molecule is CC(NC(=O)c1csc(-c2ccsc2)n1)c1nc2ccccc2[nH]1. The van der Waals surface area contributed by atoms with E-state index in [9.17, 15) is 4.79 Å². The van der Waals surface area contributed by atoms with Crippen LogP contribution in [0.25, 0.3) is 21.6 Å². The molecule has 2 N–H and O–H groups in total. The molecule has 0 aliphatic carbocycles. The fourth-order valence-corrected chi connectivity index (χ4v) is 3.93. The second-order valence-corrected chi connectivity index (χ2v) is 7.02. The van der Waals surface area contributed by atoms with Gasteiger partial charge in [-0.25, -0.2) is 9.97 Å². The zero-order valence-corrected chi connectivity index (χ0v) is 14.4. The number of para-hydroxylation sites is 2. The van der Waals surface area contributed by atoms with E-state index >= 15 is 0 Å². The van der Waals surface area contributed by atoms with Gasteiger partial charge in [0.05, 0.1) is 17.1 Å². The number of thiophene rings is 1. The summed E-state index contributed by atoms with van der Waals surface area (Å²) in [5.41, 5.74) is 3.34. The number of thiazole rings is 1. The van der Waals surface area contributed by atoms with Gasteiger partial charge in [-0.3, -0.25) is 4.79 Å². The monoisotopic (exact) mass is 354 g/mol. The van der Waals surface area contributed by atoms with Crippen LogP contribution in [0.15, 0.2) is 46.5 Å². The number of aromatic amines is 1. The van der Waals surface area contributed by atoms with Crippen LogP contribution in [0.3, 0.4) is 0 Å². The van der Waals surface area contributed by atoms with Gasteiger partial charge in [0, 0.05) is 16.3 Å². The molecule has 0 saturated heterocycles. The molecule has 0 radical (unpaired) electrons. The van der Waals surface area contributed by atoms with Crippen molar-refractivity contribution in [1.82, 2.24) is 20.3 Å². The molecular weight excluding hydrogens is 340 g/mol. The Morgan fingerprint density at radius 3 is 2.88 bits per heavy atom. The van der Waals surface area contributed by atoms with Gasteiger partial charge >= 0.3 is 0 Å². The van der Waals surface area contributed by atoms with E-state index in [1.165, 1.54) is 11.3 Å². The van der Waals surface area contributed by atoms with Crippen molar-refractivity contribution in [1.29, 1.82) is 0 Å². The van der Waals surface area contributed by atoms with Gasteiger partial charge in [0.15, 0.2) is 0 Å². The van der Waals surface area contributed by atoms with Crippen molar-refractivity contribution in [2.75, 3.05) is 0 Å². The van der Waals surface area contributed by atoms with Gasteiger partial charge in [-0.05, 0) is 30.5 Å². The first-order valence-electron chi connectivity index (χ1n) is 7.44. The molecule has 24 heavy (non-hydrogen) atoms. The number of nitrogens with one attached hydrogen (secondary N) is 2. The molecule has 3 aromatic heterocycles. The highest BCUT2D eigenvalue weighted by molar-refractivity contribution is 7.14. The minimum absolute atomic E-state index is 0.194. The molecule has 5 nitrogen and oxygen atoms in total. The Balaban J connectivity index is 1.51. The van der Waals surface area contributed by atoms with Gasteiger partial charge in [0.25, 0.3) is 5.91 Å². The highest BCUT2D eigenvalue weighted by Crippen LogP contribution is 2.26. The lowest BCUT2D eigenvalue weighted by Gasteiger charge is -2.09. The van der Waals surface area contributed by atoms with E-state index in [4.69, 9.17) is 0 Å². The largest absolute Gasteiger partial charge is 0.341 e. The highest BCUT2D eigenvalue weighted by atomic mass is 32.1. The van der Waals surface area contributed by atoms with Crippen molar-refractivity contribution in [2.24, 2.45) is 0 Å². The van der Waals surface area contributed by atoms with E-state index in [2.05, 4.69) is 20.3 Å². The lowest BCUT2D eigenvalue weighted by Crippen LogP contribution is -2.27. The molecule has 4 rings (SSSR count). The van der Waals surface area contributed by atoms with Crippen LogP contribution in [0.1, 0.15) is 29.3 Å². The minimum atomic E-state index is -0.226. The third-order valence-electron chi connectivity index (χ3n) is 3.67. The van der Waals surface area contributed by atoms with Crippen LogP contribution >= 0.6 is 22.7 Å². The molecule has 0 spiro atoms. The predicted octanol–water partition coefficient (Wildman–Crippen LogP) is 4.24. The molecule has 1 unspecified atom stereocenters. The number of nitrogens with zero attached hydrogens (tertiary/aromatic N) is 2. The number of H-pyrrole nitrogens is 1. The normalized spacial score (nSPS) is 12.4. The summed E-state index contributed by atoms with van der Waals surface area (Å²) >= 11 is 3.09. The zero-order valence-electron chi connectivity index (χ0n) is 12.8. The van der Waals surface area contributed by atoms with Gasteiger partial charge in [0.2, 0.25) is 0 Å². The van der Waals surface area contributed by atoms with E-state index in [1.54, 1.807) is 16.7 Å². The maximum absolute atomic E-state index is 12.4. The van der Waals surface area contributed by atoms with Crippen molar-refractivity contribution >= 4 is 39.6 Å². The summed E-state index contributed by atoms with van der Waals surface area (Å²) in [6.07, 6.45) is 0. The van der Waals surface area contributed by atoms with Gasteiger partial charge in [-0.1, -0.05) is 12.1 Å². The number of carbonyl (C=O) groups is 1. The van der Waals surface area contributed by atoms with Crippen LogP contribution in [-0.4, -0.2) is 20.9 Å². The fourth-order valence-electron chi connectivity index (χ4n) is 2.41. The first-order valence-corrected chi connectivity index (χ1v) is 9.26. The summed E-state index contributed by atoms with van der Waals surface area (Å²) in [4.78, 5) is 24.6. The second-order valence-electron chi connectivity index (χ2n) is 5.38. The van der Waals surface area contributed by atoms with Gasteiger partial charge in [-0.2, -0.15) is 11.3 Å². The van der Waals surface area contributed by atoms with Crippen LogP contribution in [0, 0.1) is 0 Å². The molecular formula is C17H14N4OS2. The molecule has 3 heterocycles. The maximum Gasteiger partial charge on any atom is 0.271 e. The Labute approximate surface area is 146 Å². The molecule has 0 saturated carbocycles. The van der Waals surface area contributed by atoms with E-state index < -0.39 is 0 Å². The Kier molecular flexibility index (Phi) is 3.87. The highest BCUT2D eigenvalue weighted by Gasteiger charge is 2.17. The van der Waals surface area contributed by atoms with Crippen molar-refractivity contribution in [2.45, 2.75) is 13.0 Å². The van der Waals surface area contributed by atoms with Gasteiger partial charge < -0.3 is 10.3 Å². The van der Waals surface area contributed by atoms with Crippen LogP contribution in [0.4, 0.5) is 0 Å².